The van der Waals surface area contributed by atoms with E-state index in [1.54, 1.807) is 62.3 Å². The second-order valence-electron chi connectivity index (χ2n) is 7.67. The summed E-state index contributed by atoms with van der Waals surface area (Å²) >= 11 is 0. The minimum absolute atomic E-state index is 0. The van der Waals surface area contributed by atoms with Crippen LogP contribution in [0.5, 0.6) is 0 Å². The molecule has 135 valence electrons. The molecule has 6 nitrogen and oxygen atoms in total. The summed E-state index contributed by atoms with van der Waals surface area (Å²) in [6.45, 7) is 15.0. The first-order valence-electron chi connectivity index (χ1n) is 6.53. The number of hydrogen-bond acceptors (Lipinski definition) is 3. The molecule has 1 radical (unpaired) electrons. The standard InChI is InChI=1S/3C5H10O2.Rh/c3*1-5(2,3)4(6)7;/h3*1-3H3,(H,6,7);. The van der Waals surface area contributed by atoms with Crippen LogP contribution >= 0.6 is 0 Å². The van der Waals surface area contributed by atoms with Crippen LogP contribution in [0.4, 0.5) is 0 Å². The largest absolute Gasteiger partial charge is 0.481 e. The van der Waals surface area contributed by atoms with Crippen LogP contribution in [-0.2, 0) is 33.9 Å². The summed E-state index contributed by atoms with van der Waals surface area (Å²) < 4.78 is 0. The van der Waals surface area contributed by atoms with Crippen LogP contribution in [0, 0.1) is 16.2 Å². The molecular formula is C15H30O6Rh. The molecule has 0 aliphatic carbocycles. The molecule has 0 heterocycles. The number of carboxylic acid groups (broad SMARTS) is 3. The van der Waals surface area contributed by atoms with E-state index in [0.717, 1.165) is 0 Å². The SMILES string of the molecule is CC(C)(C)C(=O)O.CC(C)(C)C(=O)O.CC(C)(C)C(=O)O.[Rh]. The van der Waals surface area contributed by atoms with E-state index in [0.29, 0.717) is 0 Å². The van der Waals surface area contributed by atoms with E-state index in [9.17, 15) is 14.4 Å². The van der Waals surface area contributed by atoms with Gasteiger partial charge in [-0.25, -0.2) is 0 Å². The van der Waals surface area contributed by atoms with Gasteiger partial charge in [-0.05, 0) is 62.3 Å². The van der Waals surface area contributed by atoms with Crippen molar-refractivity contribution in [3.8, 4) is 0 Å². The molecule has 0 unspecified atom stereocenters. The summed E-state index contributed by atoms with van der Waals surface area (Å²) in [6.07, 6.45) is 0. The zero-order valence-electron chi connectivity index (χ0n) is 14.9. The van der Waals surface area contributed by atoms with Gasteiger partial charge in [0.15, 0.2) is 0 Å². The number of rotatable bonds is 0. The molecule has 0 amide bonds. The minimum Gasteiger partial charge on any atom is -0.481 e. The average molecular weight is 409 g/mol. The second-order valence-corrected chi connectivity index (χ2v) is 7.67. The van der Waals surface area contributed by atoms with Gasteiger partial charge in [-0.3, -0.25) is 14.4 Å². The van der Waals surface area contributed by atoms with Crippen LogP contribution in [0.1, 0.15) is 62.3 Å². The summed E-state index contributed by atoms with van der Waals surface area (Å²) in [7, 11) is 0. The monoisotopic (exact) mass is 409 g/mol. The Morgan fingerprint density at radius 2 is 0.545 bits per heavy atom. The van der Waals surface area contributed by atoms with Crippen molar-refractivity contribution < 1.29 is 49.2 Å². The van der Waals surface area contributed by atoms with Crippen molar-refractivity contribution >= 4 is 17.9 Å². The van der Waals surface area contributed by atoms with Gasteiger partial charge in [0, 0.05) is 19.5 Å². The molecule has 0 aliphatic rings. The van der Waals surface area contributed by atoms with Crippen LogP contribution < -0.4 is 0 Å². The Morgan fingerprint density at radius 3 is 0.545 bits per heavy atom. The Hall–Kier alpha value is -0.967. The molecule has 0 atom stereocenters. The van der Waals surface area contributed by atoms with Gasteiger partial charge in [0.05, 0.1) is 16.2 Å². The number of carboxylic acids is 3. The summed E-state index contributed by atoms with van der Waals surface area (Å²) in [5.74, 6) is -2.27. The van der Waals surface area contributed by atoms with Crippen molar-refractivity contribution in [2.45, 2.75) is 62.3 Å². The van der Waals surface area contributed by atoms with Crippen LogP contribution in [0.25, 0.3) is 0 Å². The predicted octanol–water partition coefficient (Wildman–Crippen LogP) is 3.35. The van der Waals surface area contributed by atoms with Crippen LogP contribution in [0.3, 0.4) is 0 Å². The molecular weight excluding hydrogens is 379 g/mol. The fourth-order valence-corrected chi connectivity index (χ4v) is 0. The second kappa shape index (κ2) is 10.7. The Kier molecular flexibility index (Phi) is 14.2. The van der Waals surface area contributed by atoms with Crippen LogP contribution in [-0.4, -0.2) is 33.2 Å². The quantitative estimate of drug-likeness (QED) is 0.529. The molecule has 0 aliphatic heterocycles. The van der Waals surface area contributed by atoms with Crippen molar-refractivity contribution in [3.05, 3.63) is 0 Å². The molecule has 0 fully saturated rings. The van der Waals surface area contributed by atoms with E-state index in [2.05, 4.69) is 0 Å². The summed E-state index contributed by atoms with van der Waals surface area (Å²) in [6, 6.07) is 0. The predicted molar refractivity (Wildman–Crippen MR) is 81.3 cm³/mol. The minimum atomic E-state index is -0.757. The van der Waals surface area contributed by atoms with Crippen molar-refractivity contribution in [2.75, 3.05) is 0 Å². The molecule has 0 aromatic carbocycles. The normalized spacial score (nSPS) is 10.8. The third-order valence-corrected chi connectivity index (χ3v) is 1.92. The maximum absolute atomic E-state index is 10.0. The Labute approximate surface area is 146 Å². The summed E-state index contributed by atoms with van der Waals surface area (Å²) in [5.41, 5.74) is -1.75. The maximum atomic E-state index is 10.0. The van der Waals surface area contributed by atoms with Crippen molar-refractivity contribution in [3.63, 3.8) is 0 Å². The van der Waals surface area contributed by atoms with Crippen LogP contribution in [0.2, 0.25) is 0 Å². The van der Waals surface area contributed by atoms with E-state index in [1.807, 2.05) is 0 Å². The molecule has 0 saturated heterocycles. The van der Waals surface area contributed by atoms with Crippen molar-refractivity contribution in [1.29, 1.82) is 0 Å². The Balaban J connectivity index is -0.000000108. The molecule has 0 spiro atoms. The number of carbonyl (C=O) groups is 3. The third-order valence-electron chi connectivity index (χ3n) is 1.92. The van der Waals surface area contributed by atoms with E-state index < -0.39 is 34.2 Å². The van der Waals surface area contributed by atoms with Gasteiger partial charge >= 0.3 is 17.9 Å². The Bertz CT molecular complexity index is 299. The number of aliphatic carboxylic acids is 3. The fraction of sp³-hybridized carbons (Fsp3) is 0.800. The fourth-order valence-electron chi connectivity index (χ4n) is 0. The summed E-state index contributed by atoms with van der Waals surface area (Å²) in [4.78, 5) is 30.1. The van der Waals surface area contributed by atoms with Crippen LogP contribution in [0.15, 0.2) is 0 Å². The molecule has 0 bridgehead atoms. The van der Waals surface area contributed by atoms with E-state index in [1.165, 1.54) is 0 Å². The first kappa shape index (κ1) is 29.1. The first-order chi connectivity index (χ1) is 8.83. The van der Waals surface area contributed by atoms with Gasteiger partial charge < -0.3 is 15.3 Å². The average Bonchev–Trinajstić information content (AvgIpc) is 2.14. The molecule has 0 saturated carbocycles. The molecule has 7 heteroatoms. The third kappa shape index (κ3) is 21.3. The van der Waals surface area contributed by atoms with E-state index in [4.69, 9.17) is 15.3 Å². The first-order valence-corrected chi connectivity index (χ1v) is 6.53. The van der Waals surface area contributed by atoms with E-state index in [-0.39, 0.29) is 19.5 Å². The Morgan fingerprint density at radius 1 is 0.500 bits per heavy atom. The van der Waals surface area contributed by atoms with Gasteiger partial charge in [0.1, 0.15) is 0 Å². The molecule has 3 N–H and O–H groups in total. The molecule has 22 heavy (non-hydrogen) atoms. The van der Waals surface area contributed by atoms with Gasteiger partial charge in [-0.1, -0.05) is 0 Å². The van der Waals surface area contributed by atoms with Gasteiger partial charge in [0.25, 0.3) is 0 Å². The summed E-state index contributed by atoms with van der Waals surface area (Å²) in [5, 5.41) is 24.8. The molecule has 0 rings (SSSR count). The maximum Gasteiger partial charge on any atom is 0.308 e. The zero-order valence-corrected chi connectivity index (χ0v) is 16.5. The van der Waals surface area contributed by atoms with Crippen molar-refractivity contribution in [1.82, 2.24) is 0 Å². The molecule has 0 aromatic heterocycles. The van der Waals surface area contributed by atoms with Gasteiger partial charge in [-0.15, -0.1) is 0 Å². The smallest absolute Gasteiger partial charge is 0.308 e. The van der Waals surface area contributed by atoms with Crippen molar-refractivity contribution in [2.24, 2.45) is 16.2 Å². The zero-order chi connectivity index (χ0) is 18.2. The van der Waals surface area contributed by atoms with E-state index >= 15 is 0 Å². The number of hydrogen-bond donors (Lipinski definition) is 3. The van der Waals surface area contributed by atoms with Gasteiger partial charge in [0.2, 0.25) is 0 Å². The van der Waals surface area contributed by atoms with Gasteiger partial charge in [-0.2, -0.15) is 0 Å². The topological polar surface area (TPSA) is 112 Å². The molecule has 0 aromatic rings.